The summed E-state index contributed by atoms with van der Waals surface area (Å²) in [6, 6.07) is 14.7. The van der Waals surface area contributed by atoms with E-state index in [1.165, 1.54) is 11.8 Å². The minimum absolute atomic E-state index is 0.292. The lowest BCUT2D eigenvalue weighted by molar-refractivity contribution is -0.134. The second-order valence-electron chi connectivity index (χ2n) is 8.28. The van der Waals surface area contributed by atoms with E-state index in [2.05, 4.69) is 10.6 Å². The summed E-state index contributed by atoms with van der Waals surface area (Å²) in [4.78, 5) is 40.2. The van der Waals surface area contributed by atoms with Gasteiger partial charge in [0.05, 0.1) is 5.69 Å². The van der Waals surface area contributed by atoms with Gasteiger partial charge in [-0.05, 0) is 41.8 Å². The Bertz CT molecular complexity index is 1290. The van der Waals surface area contributed by atoms with E-state index >= 15 is 0 Å². The van der Waals surface area contributed by atoms with Gasteiger partial charge in [0.2, 0.25) is 5.91 Å². The zero-order chi connectivity index (χ0) is 25.3. The Labute approximate surface area is 200 Å². The van der Waals surface area contributed by atoms with Gasteiger partial charge in [-0.1, -0.05) is 42.5 Å². The number of nitrogens with one attached hydrogen (secondary N) is 2. The van der Waals surface area contributed by atoms with Crippen molar-refractivity contribution in [2.75, 3.05) is 11.9 Å². The van der Waals surface area contributed by atoms with Crippen LogP contribution in [-0.2, 0) is 14.4 Å². The van der Waals surface area contributed by atoms with Crippen LogP contribution in [0.4, 0.5) is 14.5 Å². The molecule has 3 aromatic rings. The number of aliphatic hydroxyl groups is 1. The lowest BCUT2D eigenvalue weighted by atomic mass is 9.95. The number of benzene rings is 3. The van der Waals surface area contributed by atoms with Crippen LogP contribution in [0.2, 0.25) is 0 Å². The summed E-state index contributed by atoms with van der Waals surface area (Å²) in [6.45, 7) is 1.37. The Balaban J connectivity index is 1.54. The number of halogens is 2. The molecule has 1 heterocycles. The van der Waals surface area contributed by atoms with Gasteiger partial charge in [0.1, 0.15) is 23.7 Å². The summed E-state index contributed by atoms with van der Waals surface area (Å²) in [7, 11) is 1.62. The molecule has 0 bridgehead atoms. The maximum atomic E-state index is 13.4. The van der Waals surface area contributed by atoms with E-state index in [4.69, 9.17) is 0 Å². The number of fused-ring (bicyclic) bond motifs is 3. The van der Waals surface area contributed by atoms with E-state index in [1.54, 1.807) is 19.2 Å². The van der Waals surface area contributed by atoms with Crippen molar-refractivity contribution in [3.63, 3.8) is 0 Å². The molecule has 4 rings (SSSR count). The average molecular weight is 479 g/mol. The van der Waals surface area contributed by atoms with Gasteiger partial charge in [-0.3, -0.25) is 14.4 Å². The number of hydrogen-bond acceptors (Lipinski definition) is 4. The first-order chi connectivity index (χ1) is 16.7. The van der Waals surface area contributed by atoms with Crippen molar-refractivity contribution < 1.29 is 28.3 Å². The maximum absolute atomic E-state index is 13.4. The number of nitrogens with zero attached hydrogens (tertiary/aromatic N) is 1. The van der Waals surface area contributed by atoms with Crippen LogP contribution in [0.3, 0.4) is 0 Å². The molecular formula is C26H23F2N3O4. The fourth-order valence-corrected chi connectivity index (χ4v) is 4.08. The van der Waals surface area contributed by atoms with Crippen molar-refractivity contribution in [3.8, 4) is 11.1 Å². The molecule has 3 N–H and O–H groups in total. The molecular weight excluding hydrogens is 456 g/mol. The summed E-state index contributed by atoms with van der Waals surface area (Å²) in [5.41, 5.74) is 2.61. The van der Waals surface area contributed by atoms with E-state index in [-0.39, 0.29) is 11.5 Å². The lowest BCUT2D eigenvalue weighted by Gasteiger charge is -2.24. The Hall–Kier alpha value is -4.11. The average Bonchev–Trinajstić information content (AvgIpc) is 2.92. The van der Waals surface area contributed by atoms with E-state index in [1.807, 2.05) is 36.4 Å². The van der Waals surface area contributed by atoms with Crippen molar-refractivity contribution in [1.82, 2.24) is 10.6 Å². The number of carbonyl (C=O) groups is 3. The molecule has 0 fully saturated rings. The lowest BCUT2D eigenvalue weighted by Crippen LogP contribution is -2.49. The topological polar surface area (TPSA) is 98.7 Å². The molecule has 180 valence electrons. The third-order valence-corrected chi connectivity index (χ3v) is 5.89. The van der Waals surface area contributed by atoms with Crippen LogP contribution in [0.1, 0.15) is 30.2 Å². The van der Waals surface area contributed by atoms with Crippen LogP contribution >= 0.6 is 0 Å². The minimum atomic E-state index is -1.89. The molecule has 0 spiro atoms. The Kier molecular flexibility index (Phi) is 6.61. The number of rotatable bonds is 5. The molecule has 0 unspecified atom stereocenters. The highest BCUT2D eigenvalue weighted by Crippen LogP contribution is 2.39. The quantitative estimate of drug-likeness (QED) is 0.524. The standard InChI is InChI=1S/C26H23F2N3O4/c1-14(29-25(34)23(32)15-11-16(27)13-17(28)12-15)24(33)30-22-20-9-4-3-7-18(20)19-8-5-6-10-21(19)31(2)26(22)35/h3-14,22-23,32H,1-2H3,(H,29,34)(H,30,33)/t14-,22-,23+/m0/s1. The second kappa shape index (κ2) is 9.63. The van der Waals surface area contributed by atoms with Gasteiger partial charge in [-0.2, -0.15) is 0 Å². The highest BCUT2D eigenvalue weighted by Gasteiger charge is 2.34. The van der Waals surface area contributed by atoms with Gasteiger partial charge in [0.15, 0.2) is 6.10 Å². The third-order valence-electron chi connectivity index (χ3n) is 5.89. The number of aliphatic hydroxyl groups excluding tert-OH is 1. The summed E-state index contributed by atoms with van der Waals surface area (Å²) < 4.78 is 26.9. The predicted molar refractivity (Wildman–Crippen MR) is 125 cm³/mol. The molecule has 3 amide bonds. The van der Waals surface area contributed by atoms with Gasteiger partial charge in [0, 0.05) is 18.7 Å². The van der Waals surface area contributed by atoms with Crippen molar-refractivity contribution in [1.29, 1.82) is 0 Å². The zero-order valence-electron chi connectivity index (χ0n) is 19.0. The SMILES string of the molecule is C[C@H](NC(=O)[C@H](O)c1cc(F)cc(F)c1)C(=O)N[C@@H]1C(=O)N(C)c2ccccc2-c2ccccc21. The summed E-state index contributed by atoms with van der Waals surface area (Å²) in [5, 5.41) is 15.2. The van der Waals surface area contributed by atoms with E-state index in [9.17, 15) is 28.3 Å². The summed E-state index contributed by atoms with van der Waals surface area (Å²) in [6.07, 6.45) is -1.89. The fourth-order valence-electron chi connectivity index (χ4n) is 4.08. The van der Waals surface area contributed by atoms with Gasteiger partial charge in [-0.25, -0.2) is 8.78 Å². The van der Waals surface area contributed by atoms with Crippen LogP contribution in [0.25, 0.3) is 11.1 Å². The molecule has 0 aromatic heterocycles. The molecule has 0 saturated heterocycles. The van der Waals surface area contributed by atoms with Gasteiger partial charge >= 0.3 is 0 Å². The second-order valence-corrected chi connectivity index (χ2v) is 8.28. The van der Waals surface area contributed by atoms with Gasteiger partial charge in [0.25, 0.3) is 11.8 Å². The highest BCUT2D eigenvalue weighted by molar-refractivity contribution is 6.06. The van der Waals surface area contributed by atoms with Gasteiger partial charge in [-0.15, -0.1) is 0 Å². The summed E-state index contributed by atoms with van der Waals surface area (Å²) in [5.74, 6) is -3.97. The molecule has 0 saturated carbocycles. The largest absolute Gasteiger partial charge is 0.378 e. The van der Waals surface area contributed by atoms with E-state index < -0.39 is 41.6 Å². The van der Waals surface area contributed by atoms with Gasteiger partial charge < -0.3 is 20.6 Å². The summed E-state index contributed by atoms with van der Waals surface area (Å²) >= 11 is 0. The molecule has 0 radical (unpaired) electrons. The van der Waals surface area contributed by atoms with E-state index in [0.29, 0.717) is 17.3 Å². The Morgan fingerprint density at radius 1 is 0.943 bits per heavy atom. The van der Waals surface area contributed by atoms with E-state index in [0.717, 1.165) is 23.3 Å². The normalized spacial score (nSPS) is 16.4. The number of anilines is 1. The molecule has 9 heteroatoms. The highest BCUT2D eigenvalue weighted by atomic mass is 19.1. The third kappa shape index (κ3) is 4.76. The number of amides is 3. The molecule has 1 aliphatic rings. The zero-order valence-corrected chi connectivity index (χ0v) is 19.0. The first kappa shape index (κ1) is 24.0. The number of para-hydroxylation sites is 1. The molecule has 3 atom stereocenters. The number of likely N-dealkylation sites (N-methyl/N-ethyl adjacent to an activating group) is 1. The maximum Gasteiger partial charge on any atom is 0.254 e. The van der Waals surface area contributed by atoms with Crippen molar-refractivity contribution in [2.45, 2.75) is 25.1 Å². The monoisotopic (exact) mass is 479 g/mol. The van der Waals surface area contributed by atoms with Crippen molar-refractivity contribution >= 4 is 23.4 Å². The van der Waals surface area contributed by atoms with Crippen LogP contribution in [0, 0.1) is 11.6 Å². The van der Waals surface area contributed by atoms with Crippen LogP contribution < -0.4 is 15.5 Å². The molecule has 7 nitrogen and oxygen atoms in total. The Morgan fingerprint density at radius 3 is 2.23 bits per heavy atom. The smallest absolute Gasteiger partial charge is 0.254 e. The predicted octanol–water partition coefficient (Wildman–Crippen LogP) is 3.00. The molecule has 1 aliphatic heterocycles. The molecule has 0 aliphatic carbocycles. The van der Waals surface area contributed by atoms with Crippen molar-refractivity contribution in [3.05, 3.63) is 89.5 Å². The van der Waals surface area contributed by atoms with Crippen LogP contribution in [-0.4, -0.2) is 35.9 Å². The first-order valence-corrected chi connectivity index (χ1v) is 10.9. The molecule has 35 heavy (non-hydrogen) atoms. The number of carbonyl (C=O) groups excluding carboxylic acids is 3. The number of hydrogen-bond donors (Lipinski definition) is 3. The van der Waals surface area contributed by atoms with Crippen LogP contribution in [0.5, 0.6) is 0 Å². The molecule has 3 aromatic carbocycles. The first-order valence-electron chi connectivity index (χ1n) is 10.9. The van der Waals surface area contributed by atoms with Crippen molar-refractivity contribution in [2.24, 2.45) is 0 Å². The minimum Gasteiger partial charge on any atom is -0.378 e. The van der Waals surface area contributed by atoms with Crippen LogP contribution in [0.15, 0.2) is 66.7 Å². The Morgan fingerprint density at radius 2 is 1.54 bits per heavy atom. The fraction of sp³-hybridized carbons (Fsp3) is 0.192.